The summed E-state index contributed by atoms with van der Waals surface area (Å²) in [4.78, 5) is 32.1. The fourth-order valence-corrected chi connectivity index (χ4v) is 4.57. The first-order valence-electron chi connectivity index (χ1n) is 9.95. The molecule has 2 amide bonds. The average molecular weight is 436 g/mol. The lowest BCUT2D eigenvalue weighted by Gasteiger charge is -2.27. The van der Waals surface area contributed by atoms with E-state index in [1.54, 1.807) is 5.38 Å². The van der Waals surface area contributed by atoms with Crippen LogP contribution >= 0.6 is 11.3 Å². The Labute approximate surface area is 182 Å². The lowest BCUT2D eigenvalue weighted by molar-refractivity contribution is -0.122. The topological polar surface area (TPSA) is 92.8 Å². The molecule has 0 aliphatic carbocycles. The van der Waals surface area contributed by atoms with E-state index in [4.69, 9.17) is 9.47 Å². The number of carbonyl (C=O) groups is 2. The molecule has 2 aromatic carbocycles. The van der Waals surface area contributed by atoms with Crippen LogP contribution in [0.2, 0.25) is 0 Å². The summed E-state index contributed by atoms with van der Waals surface area (Å²) in [6.45, 7) is 2.78. The van der Waals surface area contributed by atoms with Crippen molar-refractivity contribution in [2.45, 2.75) is 5.92 Å². The Morgan fingerprint density at radius 1 is 0.968 bits per heavy atom. The quantitative estimate of drug-likeness (QED) is 0.614. The minimum Gasteiger partial charge on any atom is -0.457 e. The van der Waals surface area contributed by atoms with Gasteiger partial charge in [0.2, 0.25) is 0 Å². The number of hydrazine groups is 1. The molecule has 5 rings (SSSR count). The van der Waals surface area contributed by atoms with Crippen LogP contribution < -0.4 is 20.5 Å². The third-order valence-electron chi connectivity index (χ3n) is 5.25. The highest BCUT2D eigenvalue weighted by molar-refractivity contribution is 7.13. The standard InChI is InChI=1S/C22H20N4O4S/c27-20(16-13-31-22(23-16)26-9-11-29-12-10-26)24-25-21(28)19-14-5-1-3-7-17(14)30-18-8-4-2-6-15(18)19/h1-8,13,19H,9-12H2,(H,24,27)(H,25,28). The second-order valence-corrected chi connectivity index (χ2v) is 8.01. The summed E-state index contributed by atoms with van der Waals surface area (Å²) in [6.07, 6.45) is 0. The molecule has 3 aromatic rings. The second kappa shape index (κ2) is 8.37. The zero-order chi connectivity index (χ0) is 21.2. The molecular weight excluding hydrogens is 416 g/mol. The molecule has 3 heterocycles. The third-order valence-corrected chi connectivity index (χ3v) is 6.15. The number of thiazole rings is 1. The summed E-state index contributed by atoms with van der Waals surface area (Å²) < 4.78 is 11.3. The predicted molar refractivity (Wildman–Crippen MR) is 116 cm³/mol. The lowest BCUT2D eigenvalue weighted by Crippen LogP contribution is -2.44. The van der Waals surface area contributed by atoms with E-state index in [2.05, 4.69) is 20.7 Å². The van der Waals surface area contributed by atoms with E-state index in [-0.39, 0.29) is 11.6 Å². The van der Waals surface area contributed by atoms with Gasteiger partial charge in [-0.3, -0.25) is 20.4 Å². The van der Waals surface area contributed by atoms with E-state index in [1.165, 1.54) is 11.3 Å². The number of nitrogens with one attached hydrogen (secondary N) is 2. The minimum absolute atomic E-state index is 0.263. The molecule has 2 aliphatic heterocycles. The number of ether oxygens (including phenoxy) is 2. The zero-order valence-electron chi connectivity index (χ0n) is 16.5. The smallest absolute Gasteiger partial charge is 0.289 e. The van der Waals surface area contributed by atoms with Gasteiger partial charge in [-0.05, 0) is 12.1 Å². The number of hydrogen-bond donors (Lipinski definition) is 2. The second-order valence-electron chi connectivity index (χ2n) is 7.17. The van der Waals surface area contributed by atoms with Crippen LogP contribution in [0.3, 0.4) is 0 Å². The number of hydrogen-bond acceptors (Lipinski definition) is 7. The van der Waals surface area contributed by atoms with Crippen molar-refractivity contribution in [1.82, 2.24) is 15.8 Å². The van der Waals surface area contributed by atoms with Crippen molar-refractivity contribution >= 4 is 28.3 Å². The number of morpholine rings is 1. The minimum atomic E-state index is -0.596. The highest BCUT2D eigenvalue weighted by Gasteiger charge is 2.32. The Hall–Kier alpha value is -3.43. The van der Waals surface area contributed by atoms with Crippen molar-refractivity contribution in [2.24, 2.45) is 0 Å². The summed E-state index contributed by atoms with van der Waals surface area (Å²) in [6, 6.07) is 14.8. The van der Waals surface area contributed by atoms with Crippen LogP contribution in [0, 0.1) is 0 Å². The van der Waals surface area contributed by atoms with Crippen LogP contribution in [0.15, 0.2) is 53.9 Å². The summed E-state index contributed by atoms with van der Waals surface area (Å²) in [7, 11) is 0. The van der Waals surface area contributed by atoms with Crippen molar-refractivity contribution in [3.05, 3.63) is 70.7 Å². The molecule has 31 heavy (non-hydrogen) atoms. The van der Waals surface area contributed by atoms with Crippen molar-refractivity contribution in [3.63, 3.8) is 0 Å². The molecule has 0 bridgehead atoms. The van der Waals surface area contributed by atoms with Gasteiger partial charge in [-0.2, -0.15) is 0 Å². The Balaban J connectivity index is 1.30. The lowest BCUT2D eigenvalue weighted by atomic mass is 9.87. The summed E-state index contributed by atoms with van der Waals surface area (Å²) >= 11 is 1.40. The monoisotopic (exact) mass is 436 g/mol. The van der Waals surface area contributed by atoms with Crippen molar-refractivity contribution < 1.29 is 19.1 Å². The van der Waals surface area contributed by atoms with Gasteiger partial charge in [0.15, 0.2) is 5.13 Å². The molecule has 0 atom stereocenters. The first kappa shape index (κ1) is 19.5. The molecular formula is C22H20N4O4S. The maximum atomic E-state index is 13.1. The molecule has 2 aliphatic rings. The Morgan fingerprint density at radius 2 is 1.61 bits per heavy atom. The van der Waals surface area contributed by atoms with Crippen molar-refractivity contribution in [1.29, 1.82) is 0 Å². The number of rotatable bonds is 3. The SMILES string of the molecule is O=C(NNC(=O)C1c2ccccc2Oc2ccccc21)c1csc(N2CCOCC2)n1. The van der Waals surface area contributed by atoms with Crippen molar-refractivity contribution in [3.8, 4) is 11.5 Å². The van der Waals surface area contributed by atoms with Gasteiger partial charge in [0, 0.05) is 29.6 Å². The summed E-state index contributed by atoms with van der Waals surface area (Å²) in [5, 5.41) is 2.46. The van der Waals surface area contributed by atoms with E-state index >= 15 is 0 Å². The van der Waals surface area contributed by atoms with Gasteiger partial charge in [-0.1, -0.05) is 36.4 Å². The fraction of sp³-hybridized carbons (Fsp3) is 0.227. The number of amides is 2. The maximum Gasteiger partial charge on any atom is 0.289 e. The van der Waals surface area contributed by atoms with Gasteiger partial charge in [0.25, 0.3) is 11.8 Å². The normalized spacial score (nSPS) is 15.4. The third kappa shape index (κ3) is 3.85. The van der Waals surface area contributed by atoms with Gasteiger partial charge in [-0.15, -0.1) is 11.3 Å². The van der Waals surface area contributed by atoms with E-state index < -0.39 is 11.8 Å². The maximum absolute atomic E-state index is 13.1. The van der Waals surface area contributed by atoms with Gasteiger partial charge < -0.3 is 14.4 Å². The molecule has 0 radical (unpaired) electrons. The van der Waals surface area contributed by atoms with E-state index in [0.29, 0.717) is 24.7 Å². The zero-order valence-corrected chi connectivity index (χ0v) is 17.4. The molecule has 2 N–H and O–H groups in total. The van der Waals surface area contributed by atoms with Crippen LogP contribution in [-0.4, -0.2) is 43.1 Å². The largest absolute Gasteiger partial charge is 0.457 e. The molecule has 1 fully saturated rings. The van der Waals surface area contributed by atoms with Gasteiger partial charge in [0.05, 0.1) is 19.1 Å². The fourth-order valence-electron chi connectivity index (χ4n) is 3.72. The predicted octanol–water partition coefficient (Wildman–Crippen LogP) is 2.68. The van der Waals surface area contributed by atoms with Gasteiger partial charge in [-0.25, -0.2) is 4.98 Å². The molecule has 0 unspecified atom stereocenters. The highest BCUT2D eigenvalue weighted by atomic mass is 32.1. The first-order valence-corrected chi connectivity index (χ1v) is 10.8. The molecule has 1 aromatic heterocycles. The van der Waals surface area contributed by atoms with Crippen LogP contribution in [0.25, 0.3) is 0 Å². The number of anilines is 1. The molecule has 8 nitrogen and oxygen atoms in total. The number of nitrogens with zero attached hydrogens (tertiary/aromatic N) is 2. The number of carbonyl (C=O) groups excluding carboxylic acids is 2. The Bertz CT molecular complexity index is 1080. The number of benzene rings is 2. The molecule has 0 spiro atoms. The average Bonchev–Trinajstić information content (AvgIpc) is 3.32. The highest BCUT2D eigenvalue weighted by Crippen LogP contribution is 2.43. The van der Waals surface area contributed by atoms with E-state index in [1.807, 2.05) is 48.5 Å². The number of para-hydroxylation sites is 2. The summed E-state index contributed by atoms with van der Waals surface area (Å²) in [5.41, 5.74) is 6.81. The van der Waals surface area contributed by atoms with Gasteiger partial charge in [0.1, 0.15) is 17.2 Å². The molecule has 9 heteroatoms. The van der Waals surface area contributed by atoms with E-state index in [0.717, 1.165) is 29.3 Å². The van der Waals surface area contributed by atoms with Crippen molar-refractivity contribution in [2.75, 3.05) is 31.2 Å². The number of aromatic nitrogens is 1. The Morgan fingerprint density at radius 3 is 2.29 bits per heavy atom. The van der Waals surface area contributed by atoms with Crippen LogP contribution in [0.1, 0.15) is 27.5 Å². The summed E-state index contributed by atoms with van der Waals surface area (Å²) in [5.74, 6) is -0.150. The van der Waals surface area contributed by atoms with Crippen LogP contribution in [0.4, 0.5) is 5.13 Å². The number of fused-ring (bicyclic) bond motifs is 2. The van der Waals surface area contributed by atoms with E-state index in [9.17, 15) is 9.59 Å². The van der Waals surface area contributed by atoms with Crippen LogP contribution in [-0.2, 0) is 9.53 Å². The molecule has 158 valence electrons. The Kier molecular flexibility index (Phi) is 5.27. The van der Waals surface area contributed by atoms with Crippen LogP contribution in [0.5, 0.6) is 11.5 Å². The molecule has 1 saturated heterocycles. The first-order chi connectivity index (χ1) is 15.2. The van der Waals surface area contributed by atoms with Gasteiger partial charge >= 0.3 is 0 Å². The molecule has 0 saturated carbocycles.